The highest BCUT2D eigenvalue weighted by atomic mass is 32.2. The number of carbonyl (C=O) groups is 2. The van der Waals surface area contributed by atoms with Crippen LogP contribution in [0.5, 0.6) is 0 Å². The van der Waals surface area contributed by atoms with E-state index in [-0.39, 0.29) is 11.5 Å². The summed E-state index contributed by atoms with van der Waals surface area (Å²) in [5.41, 5.74) is 7.14. The van der Waals surface area contributed by atoms with Crippen molar-refractivity contribution in [1.29, 1.82) is 0 Å². The number of benzene rings is 1. The molecule has 0 saturated carbocycles. The molecule has 0 unspecified atom stereocenters. The zero-order valence-electron chi connectivity index (χ0n) is 11.0. The average molecular weight is 282 g/mol. The maximum atomic E-state index is 11.8. The Morgan fingerprint density at radius 2 is 2.16 bits per heavy atom. The summed E-state index contributed by atoms with van der Waals surface area (Å²) in [7, 11) is 0. The van der Waals surface area contributed by atoms with Gasteiger partial charge in [0.2, 0.25) is 5.91 Å². The quantitative estimate of drug-likeness (QED) is 0.738. The van der Waals surface area contributed by atoms with Crippen LogP contribution in [-0.2, 0) is 4.79 Å². The van der Waals surface area contributed by atoms with Gasteiger partial charge in [-0.15, -0.1) is 0 Å². The molecule has 1 rings (SSSR count). The Morgan fingerprint density at radius 1 is 1.47 bits per heavy atom. The fourth-order valence-corrected chi connectivity index (χ4v) is 2.08. The van der Waals surface area contributed by atoms with Gasteiger partial charge in [0.05, 0.1) is 11.6 Å². The van der Waals surface area contributed by atoms with Gasteiger partial charge in [-0.05, 0) is 49.1 Å². The molecule has 5 nitrogen and oxygen atoms in total. The van der Waals surface area contributed by atoms with Crippen molar-refractivity contribution >= 4 is 29.3 Å². The molecular formula is C13H18N2O3S. The molecule has 0 aliphatic rings. The number of anilines is 1. The van der Waals surface area contributed by atoms with Gasteiger partial charge in [0.15, 0.2) is 0 Å². The molecule has 1 amide bonds. The van der Waals surface area contributed by atoms with Gasteiger partial charge >= 0.3 is 5.97 Å². The molecule has 0 aliphatic heterocycles. The molecule has 0 radical (unpaired) electrons. The number of amides is 1. The molecule has 104 valence electrons. The maximum absolute atomic E-state index is 11.8. The lowest BCUT2D eigenvalue weighted by molar-refractivity contribution is -0.117. The van der Waals surface area contributed by atoms with Crippen LogP contribution in [0.2, 0.25) is 0 Å². The number of carbonyl (C=O) groups excluding carboxylic acids is 1. The van der Waals surface area contributed by atoms with Crippen molar-refractivity contribution in [1.82, 2.24) is 0 Å². The molecule has 19 heavy (non-hydrogen) atoms. The van der Waals surface area contributed by atoms with Crippen LogP contribution in [0, 0.1) is 6.92 Å². The van der Waals surface area contributed by atoms with Crippen molar-refractivity contribution in [3.63, 3.8) is 0 Å². The number of thioether (sulfide) groups is 1. The lowest BCUT2D eigenvalue weighted by Crippen LogP contribution is -2.36. The smallest absolute Gasteiger partial charge is 0.335 e. The third kappa shape index (κ3) is 4.57. The summed E-state index contributed by atoms with van der Waals surface area (Å²) in [5.74, 6) is -0.408. The first-order valence-electron chi connectivity index (χ1n) is 5.85. The second-order valence-corrected chi connectivity index (χ2v) is 5.20. The molecule has 0 fully saturated rings. The summed E-state index contributed by atoms with van der Waals surface area (Å²) < 4.78 is 0. The fourth-order valence-electron chi connectivity index (χ4n) is 1.59. The minimum atomic E-state index is -0.980. The van der Waals surface area contributed by atoms with E-state index in [0.29, 0.717) is 17.7 Å². The predicted octanol–water partition coefficient (Wildman–Crippen LogP) is 1.71. The van der Waals surface area contributed by atoms with Crippen LogP contribution in [0.25, 0.3) is 0 Å². The monoisotopic (exact) mass is 282 g/mol. The zero-order valence-corrected chi connectivity index (χ0v) is 11.8. The number of aromatic carboxylic acids is 1. The Bertz CT molecular complexity index is 477. The van der Waals surface area contributed by atoms with E-state index in [2.05, 4.69) is 5.32 Å². The number of nitrogens with one attached hydrogen (secondary N) is 1. The van der Waals surface area contributed by atoms with Crippen LogP contribution in [0.15, 0.2) is 18.2 Å². The third-order valence-corrected chi connectivity index (χ3v) is 3.34. The Balaban J connectivity index is 2.70. The van der Waals surface area contributed by atoms with E-state index in [9.17, 15) is 9.59 Å². The van der Waals surface area contributed by atoms with Gasteiger partial charge < -0.3 is 16.2 Å². The highest BCUT2D eigenvalue weighted by molar-refractivity contribution is 7.98. The number of carboxylic acids is 1. The zero-order chi connectivity index (χ0) is 14.4. The highest BCUT2D eigenvalue weighted by Crippen LogP contribution is 2.15. The Kier molecular flexibility index (Phi) is 5.85. The second-order valence-electron chi connectivity index (χ2n) is 4.21. The molecule has 0 saturated heterocycles. The van der Waals surface area contributed by atoms with Gasteiger partial charge in [-0.3, -0.25) is 4.79 Å². The third-order valence-electron chi connectivity index (χ3n) is 2.69. The Morgan fingerprint density at radius 3 is 2.68 bits per heavy atom. The highest BCUT2D eigenvalue weighted by Gasteiger charge is 2.14. The summed E-state index contributed by atoms with van der Waals surface area (Å²) in [6.07, 6.45) is 2.57. The summed E-state index contributed by atoms with van der Waals surface area (Å²) >= 11 is 1.64. The Hall–Kier alpha value is -1.53. The Labute approximate surface area is 116 Å². The summed E-state index contributed by atoms with van der Waals surface area (Å²) in [6.45, 7) is 1.69. The second kappa shape index (κ2) is 7.16. The molecule has 0 heterocycles. The van der Waals surface area contributed by atoms with Crippen molar-refractivity contribution in [3.05, 3.63) is 29.3 Å². The van der Waals surface area contributed by atoms with E-state index < -0.39 is 12.0 Å². The lowest BCUT2D eigenvalue weighted by Gasteiger charge is -2.12. The molecule has 1 atom stereocenters. The first kappa shape index (κ1) is 15.5. The first-order valence-corrected chi connectivity index (χ1v) is 7.24. The van der Waals surface area contributed by atoms with Crippen molar-refractivity contribution in [2.24, 2.45) is 5.73 Å². The largest absolute Gasteiger partial charge is 0.478 e. The number of hydrogen-bond donors (Lipinski definition) is 3. The molecule has 0 aliphatic carbocycles. The van der Waals surface area contributed by atoms with Crippen molar-refractivity contribution in [2.75, 3.05) is 17.3 Å². The average Bonchev–Trinajstić information content (AvgIpc) is 2.35. The van der Waals surface area contributed by atoms with Gasteiger partial charge in [-0.1, -0.05) is 0 Å². The van der Waals surface area contributed by atoms with E-state index >= 15 is 0 Å². The maximum Gasteiger partial charge on any atom is 0.335 e. The standard InChI is InChI=1S/C13H18N2O3S/c1-8-7-9(3-4-10(8)13(17)18)15-12(16)11(14)5-6-19-2/h3-4,7,11H,5-6,14H2,1-2H3,(H,15,16)(H,17,18)/t11-/m1/s1. The van der Waals surface area contributed by atoms with Crippen molar-refractivity contribution in [2.45, 2.75) is 19.4 Å². The molecule has 0 bridgehead atoms. The van der Waals surface area contributed by atoms with E-state index in [4.69, 9.17) is 10.8 Å². The molecule has 4 N–H and O–H groups in total. The first-order chi connectivity index (χ1) is 8.95. The SMILES string of the molecule is CSCC[C@@H](N)C(=O)Nc1ccc(C(=O)O)c(C)c1. The van der Waals surface area contributed by atoms with Crippen LogP contribution in [-0.4, -0.2) is 35.0 Å². The normalized spacial score (nSPS) is 11.9. The summed E-state index contributed by atoms with van der Waals surface area (Å²) in [5, 5.41) is 11.6. The lowest BCUT2D eigenvalue weighted by atomic mass is 10.1. The molecule has 0 aromatic heterocycles. The summed E-state index contributed by atoms with van der Waals surface area (Å²) in [6, 6.07) is 4.12. The van der Waals surface area contributed by atoms with Crippen LogP contribution in [0.3, 0.4) is 0 Å². The van der Waals surface area contributed by atoms with Crippen LogP contribution in [0.1, 0.15) is 22.3 Å². The number of rotatable bonds is 6. The molecule has 1 aromatic rings. The van der Waals surface area contributed by atoms with E-state index in [0.717, 1.165) is 5.75 Å². The number of aryl methyl sites for hydroxylation is 1. The van der Waals surface area contributed by atoms with E-state index in [1.54, 1.807) is 30.8 Å². The minimum Gasteiger partial charge on any atom is -0.478 e. The van der Waals surface area contributed by atoms with Crippen molar-refractivity contribution in [3.8, 4) is 0 Å². The predicted molar refractivity (Wildman–Crippen MR) is 77.7 cm³/mol. The van der Waals surface area contributed by atoms with Gasteiger partial charge in [0.1, 0.15) is 0 Å². The number of carboxylic acid groups (broad SMARTS) is 1. The molecule has 6 heteroatoms. The minimum absolute atomic E-state index is 0.227. The van der Waals surface area contributed by atoms with Crippen molar-refractivity contribution < 1.29 is 14.7 Å². The number of nitrogens with two attached hydrogens (primary N) is 1. The van der Waals surface area contributed by atoms with Crippen LogP contribution >= 0.6 is 11.8 Å². The van der Waals surface area contributed by atoms with Gasteiger partial charge in [-0.25, -0.2) is 4.79 Å². The van der Waals surface area contributed by atoms with Crippen LogP contribution < -0.4 is 11.1 Å². The summed E-state index contributed by atoms with van der Waals surface area (Å²) in [4.78, 5) is 22.7. The molecular weight excluding hydrogens is 264 g/mol. The molecule has 0 spiro atoms. The molecule has 1 aromatic carbocycles. The van der Waals surface area contributed by atoms with Gasteiger partial charge in [0.25, 0.3) is 0 Å². The van der Waals surface area contributed by atoms with Gasteiger partial charge in [-0.2, -0.15) is 11.8 Å². The van der Waals surface area contributed by atoms with Crippen LogP contribution in [0.4, 0.5) is 5.69 Å². The topological polar surface area (TPSA) is 92.4 Å². The van der Waals surface area contributed by atoms with Gasteiger partial charge in [0, 0.05) is 5.69 Å². The van der Waals surface area contributed by atoms with E-state index in [1.165, 1.54) is 6.07 Å². The fraction of sp³-hybridized carbons (Fsp3) is 0.385. The number of hydrogen-bond acceptors (Lipinski definition) is 4. The van der Waals surface area contributed by atoms with E-state index in [1.807, 2.05) is 6.26 Å².